The van der Waals surface area contributed by atoms with E-state index in [0.717, 1.165) is 6.54 Å². The third kappa shape index (κ3) is 4.82. The second kappa shape index (κ2) is 9.13. The molecule has 0 atom stereocenters. The maximum Gasteiger partial charge on any atom is 0.339 e. The van der Waals surface area contributed by atoms with Gasteiger partial charge in [0.05, 0.1) is 31.0 Å². The lowest BCUT2D eigenvalue weighted by molar-refractivity contribution is -0.144. The fourth-order valence-electron chi connectivity index (χ4n) is 2.77. The molecule has 0 bridgehead atoms. The number of methoxy groups -OCH3 is 2. The van der Waals surface area contributed by atoms with Gasteiger partial charge >= 0.3 is 23.8 Å². The van der Waals surface area contributed by atoms with Gasteiger partial charge in [0.1, 0.15) is 0 Å². The first-order valence-corrected chi connectivity index (χ1v) is 8.54. The molecule has 0 saturated carbocycles. The molecule has 1 fully saturated rings. The van der Waals surface area contributed by atoms with E-state index in [-0.39, 0.29) is 16.8 Å². The van der Waals surface area contributed by atoms with E-state index >= 15 is 0 Å². The van der Waals surface area contributed by atoms with Crippen molar-refractivity contribution in [1.29, 1.82) is 0 Å². The number of ether oxygens (including phenoxy) is 2. The fraction of sp³-hybridized carbons (Fsp3) is 0.444. The first-order valence-electron chi connectivity index (χ1n) is 8.54. The largest absolute Gasteiger partial charge is 0.465 e. The van der Waals surface area contributed by atoms with Crippen LogP contribution in [0.3, 0.4) is 0 Å². The summed E-state index contributed by atoms with van der Waals surface area (Å²) in [5.41, 5.74) is 0.168. The zero-order valence-electron chi connectivity index (χ0n) is 15.6. The van der Waals surface area contributed by atoms with Crippen molar-refractivity contribution in [3.63, 3.8) is 0 Å². The van der Waals surface area contributed by atoms with Gasteiger partial charge in [-0.3, -0.25) is 9.59 Å². The van der Waals surface area contributed by atoms with Gasteiger partial charge < -0.3 is 24.6 Å². The average Bonchev–Trinajstić information content (AvgIpc) is 2.71. The highest BCUT2D eigenvalue weighted by molar-refractivity contribution is 6.40. The zero-order chi connectivity index (χ0) is 20.0. The Labute approximate surface area is 157 Å². The number of rotatable bonds is 4. The van der Waals surface area contributed by atoms with Gasteiger partial charge in [-0.2, -0.15) is 0 Å². The highest BCUT2D eigenvalue weighted by Crippen LogP contribution is 2.20. The lowest BCUT2D eigenvalue weighted by atomic mass is 10.1. The minimum Gasteiger partial charge on any atom is -0.465 e. The van der Waals surface area contributed by atoms with E-state index < -0.39 is 23.8 Å². The molecule has 1 aliphatic heterocycles. The molecular weight excluding hydrogens is 354 g/mol. The van der Waals surface area contributed by atoms with Crippen LogP contribution in [0.5, 0.6) is 0 Å². The molecular formula is C18H23N3O6. The van der Waals surface area contributed by atoms with E-state index in [9.17, 15) is 19.2 Å². The van der Waals surface area contributed by atoms with Gasteiger partial charge in [0.2, 0.25) is 0 Å². The number of likely N-dealkylation sites (N-methyl/N-ethyl adjacent to an activating group) is 1. The predicted molar refractivity (Wildman–Crippen MR) is 96.4 cm³/mol. The van der Waals surface area contributed by atoms with Crippen LogP contribution < -0.4 is 5.32 Å². The second-order valence-electron chi connectivity index (χ2n) is 5.92. The van der Waals surface area contributed by atoms with Crippen LogP contribution in [0.2, 0.25) is 0 Å². The van der Waals surface area contributed by atoms with Crippen molar-refractivity contribution < 1.29 is 28.7 Å². The minimum absolute atomic E-state index is 0.00953. The number of carbonyl (C=O) groups is 4. The summed E-state index contributed by atoms with van der Waals surface area (Å²) in [6, 6.07) is 3.98. The van der Waals surface area contributed by atoms with Gasteiger partial charge in [-0.15, -0.1) is 0 Å². The van der Waals surface area contributed by atoms with E-state index in [4.69, 9.17) is 0 Å². The van der Waals surface area contributed by atoms with Crippen molar-refractivity contribution in [2.24, 2.45) is 0 Å². The van der Waals surface area contributed by atoms with E-state index in [0.29, 0.717) is 26.2 Å². The molecule has 146 valence electrons. The fourth-order valence-corrected chi connectivity index (χ4v) is 2.77. The number of nitrogens with zero attached hydrogens (tertiary/aromatic N) is 2. The van der Waals surface area contributed by atoms with Gasteiger partial charge in [0.25, 0.3) is 0 Å². The quantitative estimate of drug-likeness (QED) is 0.597. The van der Waals surface area contributed by atoms with E-state index in [1.54, 1.807) is 0 Å². The number of hydrogen-bond donors (Lipinski definition) is 1. The van der Waals surface area contributed by atoms with Gasteiger partial charge in [0.15, 0.2) is 0 Å². The monoisotopic (exact) mass is 377 g/mol. The Morgan fingerprint density at radius 2 is 1.63 bits per heavy atom. The van der Waals surface area contributed by atoms with Crippen molar-refractivity contribution in [3.8, 4) is 0 Å². The highest BCUT2D eigenvalue weighted by Gasteiger charge is 2.27. The summed E-state index contributed by atoms with van der Waals surface area (Å²) < 4.78 is 9.32. The number of esters is 2. The van der Waals surface area contributed by atoms with Crippen molar-refractivity contribution in [3.05, 3.63) is 29.3 Å². The Morgan fingerprint density at radius 1 is 1.00 bits per heavy atom. The summed E-state index contributed by atoms with van der Waals surface area (Å²) >= 11 is 0. The van der Waals surface area contributed by atoms with Gasteiger partial charge in [-0.05, 0) is 24.7 Å². The molecule has 1 heterocycles. The van der Waals surface area contributed by atoms with Crippen LogP contribution in [-0.2, 0) is 19.1 Å². The summed E-state index contributed by atoms with van der Waals surface area (Å²) in [6.45, 7) is 5.21. The number of carbonyl (C=O) groups excluding carboxylic acids is 4. The van der Waals surface area contributed by atoms with Crippen LogP contribution in [0.4, 0.5) is 5.69 Å². The zero-order valence-corrected chi connectivity index (χ0v) is 15.6. The molecule has 2 rings (SSSR count). The first kappa shape index (κ1) is 20.4. The average molecular weight is 377 g/mol. The van der Waals surface area contributed by atoms with E-state index in [1.165, 1.54) is 37.3 Å². The van der Waals surface area contributed by atoms with E-state index in [2.05, 4.69) is 19.7 Å². The molecule has 0 spiro atoms. The molecule has 1 saturated heterocycles. The number of benzene rings is 1. The number of anilines is 1. The lowest BCUT2D eigenvalue weighted by Crippen LogP contribution is -2.51. The molecule has 1 aromatic rings. The lowest BCUT2D eigenvalue weighted by Gasteiger charge is -2.33. The Morgan fingerprint density at radius 3 is 2.19 bits per heavy atom. The molecule has 0 aromatic heterocycles. The number of piperazine rings is 1. The number of hydrogen-bond acceptors (Lipinski definition) is 7. The molecule has 2 amide bonds. The molecule has 1 N–H and O–H groups in total. The van der Waals surface area contributed by atoms with Gasteiger partial charge in [-0.25, -0.2) is 9.59 Å². The standard InChI is InChI=1S/C18H23N3O6/c1-4-20-7-9-21(10-8-20)16(23)15(22)19-14-11-12(17(24)26-2)5-6-13(14)18(25)27-3/h5-6,11H,4,7-10H2,1-3H3,(H,19,22). The predicted octanol–water partition coefficient (Wildman–Crippen LogP) is 0.362. The van der Waals surface area contributed by atoms with Crippen molar-refractivity contribution >= 4 is 29.4 Å². The third-order valence-corrected chi connectivity index (χ3v) is 4.40. The van der Waals surface area contributed by atoms with Crippen LogP contribution in [0.1, 0.15) is 27.6 Å². The van der Waals surface area contributed by atoms with Gasteiger partial charge in [-0.1, -0.05) is 6.92 Å². The Bertz CT molecular complexity index is 741. The molecule has 27 heavy (non-hydrogen) atoms. The Hall–Kier alpha value is -2.94. The van der Waals surface area contributed by atoms with Crippen LogP contribution >= 0.6 is 0 Å². The SMILES string of the molecule is CCN1CCN(C(=O)C(=O)Nc2cc(C(=O)OC)ccc2C(=O)OC)CC1. The third-order valence-electron chi connectivity index (χ3n) is 4.40. The minimum atomic E-state index is -0.882. The van der Waals surface area contributed by atoms with Crippen molar-refractivity contribution in [2.75, 3.05) is 52.3 Å². The van der Waals surface area contributed by atoms with Crippen LogP contribution in [0.15, 0.2) is 18.2 Å². The first-order chi connectivity index (χ1) is 12.9. The summed E-state index contributed by atoms with van der Waals surface area (Å²) in [4.78, 5) is 52.1. The molecule has 1 aliphatic rings. The Kier molecular flexibility index (Phi) is 6.89. The summed E-state index contributed by atoms with van der Waals surface area (Å²) in [7, 11) is 2.41. The number of amides is 2. The molecule has 0 radical (unpaired) electrons. The summed E-state index contributed by atoms with van der Waals surface area (Å²) in [6.07, 6.45) is 0. The highest BCUT2D eigenvalue weighted by atomic mass is 16.5. The molecule has 0 unspecified atom stereocenters. The molecule has 0 aliphatic carbocycles. The van der Waals surface area contributed by atoms with Crippen molar-refractivity contribution in [1.82, 2.24) is 9.80 Å². The second-order valence-corrected chi connectivity index (χ2v) is 5.92. The van der Waals surface area contributed by atoms with E-state index in [1.807, 2.05) is 6.92 Å². The summed E-state index contributed by atoms with van der Waals surface area (Å²) in [5, 5.41) is 2.42. The maximum atomic E-state index is 12.4. The van der Waals surface area contributed by atoms with Gasteiger partial charge in [0, 0.05) is 26.2 Å². The molecule has 9 nitrogen and oxygen atoms in total. The van der Waals surface area contributed by atoms with Crippen LogP contribution in [0, 0.1) is 0 Å². The topological polar surface area (TPSA) is 105 Å². The number of nitrogens with one attached hydrogen (secondary N) is 1. The molecule has 1 aromatic carbocycles. The maximum absolute atomic E-state index is 12.4. The Balaban J connectivity index is 2.18. The van der Waals surface area contributed by atoms with Crippen LogP contribution in [-0.4, -0.2) is 80.5 Å². The molecule has 9 heteroatoms. The van der Waals surface area contributed by atoms with Crippen LogP contribution in [0.25, 0.3) is 0 Å². The summed E-state index contributed by atoms with van der Waals surface area (Å²) in [5.74, 6) is -2.91. The van der Waals surface area contributed by atoms with Crippen molar-refractivity contribution in [2.45, 2.75) is 6.92 Å². The smallest absolute Gasteiger partial charge is 0.339 e. The normalized spacial score (nSPS) is 14.4.